The Morgan fingerprint density at radius 2 is 2.02 bits per heavy atom. The molecule has 0 unspecified atom stereocenters. The average Bonchev–Trinajstić information content (AvgIpc) is 3.62. The molecular formula is C30H27FN8O2S. The van der Waals surface area contributed by atoms with E-state index in [1.807, 2.05) is 0 Å². The lowest BCUT2D eigenvalue weighted by molar-refractivity contribution is 0.503. The number of piperidine rings is 1. The van der Waals surface area contributed by atoms with Gasteiger partial charge in [-0.05, 0) is 49.1 Å². The zero-order chi connectivity index (χ0) is 29.4. The Bertz CT molecular complexity index is 2060. The van der Waals surface area contributed by atoms with E-state index in [4.69, 9.17) is 5.73 Å². The number of benzene rings is 2. The van der Waals surface area contributed by atoms with Gasteiger partial charge in [0.15, 0.2) is 5.82 Å². The molecule has 0 spiro atoms. The zero-order valence-electron chi connectivity index (χ0n) is 22.9. The van der Waals surface area contributed by atoms with Crippen molar-refractivity contribution in [3.8, 4) is 17.9 Å². The van der Waals surface area contributed by atoms with Gasteiger partial charge < -0.3 is 15.6 Å². The third kappa shape index (κ3) is 4.85. The maximum absolute atomic E-state index is 14.8. The van der Waals surface area contributed by atoms with Crippen LogP contribution in [-0.2, 0) is 19.5 Å². The van der Waals surface area contributed by atoms with Crippen molar-refractivity contribution in [2.45, 2.75) is 45.3 Å². The Balaban J connectivity index is 1.61. The van der Waals surface area contributed by atoms with Crippen molar-refractivity contribution in [3.63, 3.8) is 0 Å². The number of nitrogens with one attached hydrogen (secondary N) is 1. The summed E-state index contributed by atoms with van der Waals surface area (Å²) in [5, 5.41) is 10.1. The molecule has 0 radical (unpaired) electrons. The van der Waals surface area contributed by atoms with Crippen molar-refractivity contribution < 1.29 is 4.39 Å². The van der Waals surface area contributed by atoms with E-state index < -0.39 is 17.1 Å². The fraction of sp³-hybridized carbons (Fsp3) is 0.300. The van der Waals surface area contributed by atoms with Crippen LogP contribution in [0, 0.1) is 29.0 Å². The second-order valence-corrected chi connectivity index (χ2v) is 10.9. The van der Waals surface area contributed by atoms with Crippen molar-refractivity contribution in [3.05, 3.63) is 85.3 Å². The molecular weight excluding hydrogens is 555 g/mol. The molecule has 5 aromatic rings. The summed E-state index contributed by atoms with van der Waals surface area (Å²) in [6.45, 7) is 2.93. The molecule has 10 nitrogen and oxygen atoms in total. The summed E-state index contributed by atoms with van der Waals surface area (Å²) in [6.07, 6.45) is 2.07. The molecule has 1 aliphatic rings. The van der Waals surface area contributed by atoms with E-state index in [1.165, 1.54) is 10.6 Å². The fourth-order valence-electron chi connectivity index (χ4n) is 5.64. The summed E-state index contributed by atoms with van der Waals surface area (Å²) in [7, 11) is 0. The first-order valence-electron chi connectivity index (χ1n) is 13.6. The third-order valence-corrected chi connectivity index (χ3v) is 8.19. The van der Waals surface area contributed by atoms with Gasteiger partial charge in [0.2, 0.25) is 0 Å². The van der Waals surface area contributed by atoms with E-state index in [-0.39, 0.29) is 31.1 Å². The maximum atomic E-state index is 14.8. The van der Waals surface area contributed by atoms with Crippen LogP contribution in [0.25, 0.3) is 22.1 Å². The minimum atomic E-state index is -0.589. The molecule has 1 atom stereocenters. The van der Waals surface area contributed by atoms with Gasteiger partial charge in [-0.15, -0.1) is 5.92 Å². The van der Waals surface area contributed by atoms with Crippen LogP contribution in [0.4, 0.5) is 10.2 Å². The number of aromatic amines is 1. The summed E-state index contributed by atoms with van der Waals surface area (Å²) in [4.78, 5) is 33.8. The van der Waals surface area contributed by atoms with Crippen LogP contribution < -0.4 is 21.9 Å². The predicted octanol–water partition coefficient (Wildman–Crippen LogP) is 3.10. The Morgan fingerprint density at radius 3 is 2.81 bits per heavy atom. The molecule has 0 saturated carbocycles. The van der Waals surface area contributed by atoms with Gasteiger partial charge in [-0.3, -0.25) is 13.9 Å². The van der Waals surface area contributed by atoms with Crippen molar-refractivity contribution >= 4 is 39.6 Å². The Labute approximate surface area is 244 Å². The molecule has 4 heterocycles. The second-order valence-electron chi connectivity index (χ2n) is 10.4. The van der Waals surface area contributed by atoms with Gasteiger partial charge >= 0.3 is 5.69 Å². The van der Waals surface area contributed by atoms with Crippen LogP contribution >= 0.6 is 11.7 Å². The Kier molecular flexibility index (Phi) is 7.33. The Morgan fingerprint density at radius 1 is 1.19 bits per heavy atom. The van der Waals surface area contributed by atoms with E-state index >= 15 is 0 Å². The molecule has 12 heteroatoms. The normalized spacial score (nSPS) is 15.1. The standard InChI is InChI=1S/C30H27FN8O2S/c1-2-3-10-22-25-28(34-27(22)37-11-6-9-21(33)17-37)38(16-20-8-5-4-7-19(20)14-32)30(41)39(29(25)40)15-18-12-23(31)26-24(13-18)35-42-36-26/h4-5,7-8,12-13,21,34H,6,9-11,15-17,33H2,1H3/t21-/m1/s1. The second kappa shape index (κ2) is 11.2. The predicted molar refractivity (Wildman–Crippen MR) is 160 cm³/mol. The first-order valence-corrected chi connectivity index (χ1v) is 14.3. The largest absolute Gasteiger partial charge is 0.356 e. The summed E-state index contributed by atoms with van der Waals surface area (Å²) in [5.74, 6) is 6.13. The first kappa shape index (κ1) is 27.4. The van der Waals surface area contributed by atoms with Crippen LogP contribution in [0.1, 0.15) is 42.0 Å². The van der Waals surface area contributed by atoms with E-state index in [1.54, 1.807) is 37.3 Å². The topological polar surface area (TPSA) is 139 Å². The molecule has 0 bridgehead atoms. The lowest BCUT2D eigenvalue weighted by Crippen LogP contribution is -2.43. The van der Waals surface area contributed by atoms with Gasteiger partial charge in [-0.2, -0.15) is 14.0 Å². The average molecular weight is 583 g/mol. The zero-order valence-corrected chi connectivity index (χ0v) is 23.7. The van der Waals surface area contributed by atoms with Crippen molar-refractivity contribution in [2.75, 3.05) is 18.0 Å². The number of hydrogen-bond donors (Lipinski definition) is 2. The molecule has 1 fully saturated rings. The van der Waals surface area contributed by atoms with E-state index in [9.17, 15) is 19.2 Å². The monoisotopic (exact) mass is 582 g/mol. The number of nitrogens with two attached hydrogens (primary N) is 1. The lowest BCUT2D eigenvalue weighted by Gasteiger charge is -2.32. The number of rotatable bonds is 6. The molecule has 0 amide bonds. The highest BCUT2D eigenvalue weighted by molar-refractivity contribution is 7.00. The quantitative estimate of drug-likeness (QED) is 0.294. The van der Waals surface area contributed by atoms with E-state index in [2.05, 4.69) is 36.5 Å². The number of fused-ring (bicyclic) bond motifs is 2. The highest BCUT2D eigenvalue weighted by atomic mass is 32.1. The van der Waals surface area contributed by atoms with Crippen LogP contribution in [0.5, 0.6) is 0 Å². The van der Waals surface area contributed by atoms with Crippen LogP contribution in [0.2, 0.25) is 0 Å². The van der Waals surface area contributed by atoms with Gasteiger partial charge in [0, 0.05) is 31.1 Å². The molecule has 2 aromatic carbocycles. The number of nitrogens with zero attached hydrogens (tertiary/aromatic N) is 6. The molecule has 1 saturated heterocycles. The number of anilines is 1. The fourth-order valence-corrected chi connectivity index (χ4v) is 6.17. The van der Waals surface area contributed by atoms with Crippen LogP contribution in [-0.4, -0.2) is 42.0 Å². The van der Waals surface area contributed by atoms with Gasteiger partial charge in [0.1, 0.15) is 22.5 Å². The lowest BCUT2D eigenvalue weighted by atomic mass is 10.1. The summed E-state index contributed by atoms with van der Waals surface area (Å²) < 4.78 is 25.5. The Hall–Kier alpha value is -4.78. The van der Waals surface area contributed by atoms with Crippen LogP contribution in [0.15, 0.2) is 46.0 Å². The highest BCUT2D eigenvalue weighted by Gasteiger charge is 2.27. The molecule has 42 heavy (non-hydrogen) atoms. The van der Waals surface area contributed by atoms with Crippen molar-refractivity contribution in [2.24, 2.45) is 5.73 Å². The third-order valence-electron chi connectivity index (χ3n) is 7.65. The van der Waals surface area contributed by atoms with E-state index in [0.29, 0.717) is 51.2 Å². The maximum Gasteiger partial charge on any atom is 0.333 e. The molecule has 1 aliphatic heterocycles. The van der Waals surface area contributed by atoms with Gasteiger partial charge in [-0.1, -0.05) is 24.1 Å². The van der Waals surface area contributed by atoms with Crippen LogP contribution in [0.3, 0.4) is 0 Å². The number of halogens is 1. The van der Waals surface area contributed by atoms with Crippen molar-refractivity contribution in [1.82, 2.24) is 22.9 Å². The van der Waals surface area contributed by atoms with E-state index in [0.717, 1.165) is 35.7 Å². The first-order chi connectivity index (χ1) is 20.4. The minimum absolute atomic E-state index is 0.0263. The summed E-state index contributed by atoms with van der Waals surface area (Å²) >= 11 is 0.892. The number of nitriles is 1. The molecule has 6 rings (SSSR count). The number of H-pyrrole nitrogens is 1. The number of hydrogen-bond acceptors (Lipinski definition) is 8. The number of aromatic nitrogens is 5. The summed E-state index contributed by atoms with van der Waals surface area (Å²) in [5.41, 5.74) is 8.19. The molecule has 0 aliphatic carbocycles. The van der Waals surface area contributed by atoms with Gasteiger partial charge in [0.05, 0.1) is 41.8 Å². The minimum Gasteiger partial charge on any atom is -0.356 e. The van der Waals surface area contributed by atoms with Crippen molar-refractivity contribution in [1.29, 1.82) is 5.26 Å². The molecule has 3 aromatic heterocycles. The highest BCUT2D eigenvalue weighted by Crippen LogP contribution is 2.30. The SMILES string of the molecule is CC#CCc1c(N2CCC[C@@H](N)C2)[nH]c2c1c(=O)n(Cc1cc(F)c3nsnc3c1)c(=O)n2Cc1ccccc1C#N. The summed E-state index contributed by atoms with van der Waals surface area (Å²) in [6, 6.07) is 12.1. The van der Waals surface area contributed by atoms with Gasteiger partial charge in [-0.25, -0.2) is 9.18 Å². The molecule has 212 valence electrons. The van der Waals surface area contributed by atoms with Gasteiger partial charge in [0.25, 0.3) is 5.56 Å². The molecule has 3 N–H and O–H groups in total. The smallest absolute Gasteiger partial charge is 0.333 e.